The molecule has 0 bridgehead atoms. The van der Waals surface area contributed by atoms with Crippen LogP contribution >= 0.6 is 11.3 Å². The van der Waals surface area contributed by atoms with Gasteiger partial charge in [0.1, 0.15) is 6.10 Å². The molecule has 2 rings (SSSR count). The third kappa shape index (κ3) is 2.89. The van der Waals surface area contributed by atoms with Gasteiger partial charge >= 0.3 is 0 Å². The largest absolute Gasteiger partial charge is 0.386 e. The summed E-state index contributed by atoms with van der Waals surface area (Å²) in [5, 5.41) is 14.9. The van der Waals surface area contributed by atoms with Gasteiger partial charge in [-0.05, 0) is 11.4 Å². The molecule has 0 spiro atoms. The first kappa shape index (κ1) is 10.4. The Hall–Kier alpha value is -1.17. The molecule has 2 heterocycles. The molecule has 2 aromatic heterocycles. The molecular formula is C10H13N3OS. The van der Waals surface area contributed by atoms with Crippen molar-refractivity contribution in [1.29, 1.82) is 0 Å². The molecule has 0 radical (unpaired) electrons. The van der Waals surface area contributed by atoms with Crippen LogP contribution in [0.2, 0.25) is 0 Å². The number of aromatic amines is 1. The van der Waals surface area contributed by atoms with Crippen LogP contribution in [-0.4, -0.2) is 21.6 Å². The zero-order valence-corrected chi connectivity index (χ0v) is 9.00. The van der Waals surface area contributed by atoms with E-state index in [1.807, 2.05) is 17.5 Å². The number of aliphatic hydroxyl groups excluding tert-OH is 1. The summed E-state index contributed by atoms with van der Waals surface area (Å²) in [6.07, 6.45) is 2.99. The zero-order valence-electron chi connectivity index (χ0n) is 8.18. The third-order valence-corrected chi connectivity index (χ3v) is 3.05. The molecule has 80 valence electrons. The van der Waals surface area contributed by atoms with Gasteiger partial charge < -0.3 is 15.4 Å². The summed E-state index contributed by atoms with van der Waals surface area (Å²) >= 11 is 1.57. The van der Waals surface area contributed by atoms with Crippen molar-refractivity contribution in [3.05, 3.63) is 40.6 Å². The van der Waals surface area contributed by atoms with E-state index in [-0.39, 0.29) is 0 Å². The van der Waals surface area contributed by atoms with E-state index in [1.54, 1.807) is 23.9 Å². The number of hydrogen-bond acceptors (Lipinski definition) is 4. The van der Waals surface area contributed by atoms with Gasteiger partial charge in [0.2, 0.25) is 0 Å². The van der Waals surface area contributed by atoms with Crippen LogP contribution in [-0.2, 0) is 6.54 Å². The lowest BCUT2D eigenvalue weighted by Crippen LogP contribution is -2.20. The topological polar surface area (TPSA) is 60.9 Å². The molecule has 1 atom stereocenters. The third-order valence-electron chi connectivity index (χ3n) is 2.08. The minimum atomic E-state index is -0.423. The number of aliphatic hydroxyl groups is 1. The average Bonchev–Trinajstić information content (AvgIpc) is 2.90. The molecule has 0 amide bonds. The molecule has 4 nitrogen and oxygen atoms in total. The second-order valence-electron chi connectivity index (χ2n) is 3.24. The van der Waals surface area contributed by atoms with Crippen molar-refractivity contribution in [2.75, 3.05) is 6.54 Å². The summed E-state index contributed by atoms with van der Waals surface area (Å²) < 4.78 is 0. The molecule has 15 heavy (non-hydrogen) atoms. The molecule has 0 aliphatic heterocycles. The number of rotatable bonds is 5. The van der Waals surface area contributed by atoms with Crippen LogP contribution in [0, 0.1) is 0 Å². The van der Waals surface area contributed by atoms with E-state index in [0.29, 0.717) is 13.1 Å². The van der Waals surface area contributed by atoms with E-state index in [9.17, 15) is 5.11 Å². The van der Waals surface area contributed by atoms with Crippen molar-refractivity contribution in [2.45, 2.75) is 12.6 Å². The van der Waals surface area contributed by atoms with Gasteiger partial charge in [0.25, 0.3) is 0 Å². The van der Waals surface area contributed by atoms with E-state index in [1.165, 1.54) is 0 Å². The summed E-state index contributed by atoms with van der Waals surface area (Å²) in [4.78, 5) is 7.90. The van der Waals surface area contributed by atoms with Crippen LogP contribution in [0.4, 0.5) is 0 Å². The lowest BCUT2D eigenvalue weighted by molar-refractivity contribution is 0.178. The number of hydrogen-bond donors (Lipinski definition) is 3. The minimum Gasteiger partial charge on any atom is -0.386 e. The maximum absolute atomic E-state index is 9.76. The van der Waals surface area contributed by atoms with Crippen molar-refractivity contribution in [1.82, 2.24) is 15.3 Å². The summed E-state index contributed by atoms with van der Waals surface area (Å²) in [6, 6.07) is 3.88. The van der Waals surface area contributed by atoms with Crippen molar-refractivity contribution in [3.8, 4) is 0 Å². The average molecular weight is 223 g/mol. The quantitative estimate of drug-likeness (QED) is 0.716. The van der Waals surface area contributed by atoms with Gasteiger partial charge in [-0.1, -0.05) is 6.07 Å². The first-order chi connectivity index (χ1) is 7.36. The molecule has 0 aliphatic carbocycles. The van der Waals surface area contributed by atoms with E-state index in [2.05, 4.69) is 15.3 Å². The van der Waals surface area contributed by atoms with Gasteiger partial charge in [-0.25, -0.2) is 4.98 Å². The van der Waals surface area contributed by atoms with E-state index >= 15 is 0 Å². The number of thiophene rings is 1. The van der Waals surface area contributed by atoms with E-state index in [0.717, 1.165) is 10.6 Å². The Bertz CT molecular complexity index is 371. The lowest BCUT2D eigenvalue weighted by Gasteiger charge is -2.08. The Morgan fingerprint density at radius 2 is 2.53 bits per heavy atom. The first-order valence-electron chi connectivity index (χ1n) is 4.75. The fourth-order valence-electron chi connectivity index (χ4n) is 1.31. The monoisotopic (exact) mass is 223 g/mol. The Labute approximate surface area is 92.0 Å². The van der Waals surface area contributed by atoms with Crippen molar-refractivity contribution in [3.63, 3.8) is 0 Å². The Morgan fingerprint density at radius 1 is 1.60 bits per heavy atom. The van der Waals surface area contributed by atoms with Gasteiger partial charge in [0.15, 0.2) is 0 Å². The molecular weight excluding hydrogens is 210 g/mol. The predicted octanol–water partition coefficient (Wildman–Crippen LogP) is 1.29. The Balaban J connectivity index is 1.74. The molecule has 0 saturated heterocycles. The maximum Gasteiger partial charge on any atom is 0.101 e. The Kier molecular flexibility index (Phi) is 3.49. The molecule has 5 heteroatoms. The second kappa shape index (κ2) is 5.06. The Morgan fingerprint density at radius 3 is 3.20 bits per heavy atom. The normalized spacial score (nSPS) is 12.9. The van der Waals surface area contributed by atoms with Gasteiger partial charge in [-0.2, -0.15) is 0 Å². The van der Waals surface area contributed by atoms with Gasteiger partial charge in [0, 0.05) is 29.9 Å². The standard InChI is InChI=1S/C10H13N3OS/c14-9(10-2-1-3-15-10)6-11-4-8-5-12-7-13-8/h1-3,5,7,9,11,14H,4,6H2,(H,12,13). The predicted molar refractivity (Wildman–Crippen MR) is 59.6 cm³/mol. The molecule has 1 unspecified atom stereocenters. The molecule has 0 saturated carbocycles. The summed E-state index contributed by atoms with van der Waals surface area (Å²) in [6.45, 7) is 1.25. The van der Waals surface area contributed by atoms with Gasteiger partial charge in [-0.15, -0.1) is 11.3 Å². The van der Waals surface area contributed by atoms with Crippen LogP contribution in [0.5, 0.6) is 0 Å². The van der Waals surface area contributed by atoms with Crippen molar-refractivity contribution in [2.24, 2.45) is 0 Å². The van der Waals surface area contributed by atoms with Crippen LogP contribution in [0.1, 0.15) is 16.7 Å². The van der Waals surface area contributed by atoms with Gasteiger partial charge in [-0.3, -0.25) is 0 Å². The number of nitrogens with zero attached hydrogens (tertiary/aromatic N) is 1. The number of imidazole rings is 1. The summed E-state index contributed by atoms with van der Waals surface area (Å²) in [7, 11) is 0. The highest BCUT2D eigenvalue weighted by Gasteiger charge is 2.07. The molecule has 0 aliphatic rings. The summed E-state index contributed by atoms with van der Waals surface area (Å²) in [5.41, 5.74) is 1.02. The summed E-state index contributed by atoms with van der Waals surface area (Å²) in [5.74, 6) is 0. The number of H-pyrrole nitrogens is 1. The van der Waals surface area contributed by atoms with E-state index in [4.69, 9.17) is 0 Å². The number of nitrogens with one attached hydrogen (secondary N) is 2. The highest BCUT2D eigenvalue weighted by Crippen LogP contribution is 2.17. The van der Waals surface area contributed by atoms with Crippen LogP contribution in [0.15, 0.2) is 30.0 Å². The van der Waals surface area contributed by atoms with Crippen molar-refractivity contribution < 1.29 is 5.11 Å². The maximum atomic E-state index is 9.76. The first-order valence-corrected chi connectivity index (χ1v) is 5.63. The fourth-order valence-corrected chi connectivity index (χ4v) is 2.02. The molecule has 0 aromatic carbocycles. The minimum absolute atomic E-state index is 0.423. The van der Waals surface area contributed by atoms with Crippen LogP contribution < -0.4 is 5.32 Å². The number of aromatic nitrogens is 2. The fraction of sp³-hybridized carbons (Fsp3) is 0.300. The SMILES string of the molecule is OC(CNCc1cnc[nH]1)c1cccs1. The lowest BCUT2D eigenvalue weighted by atomic mass is 10.3. The highest BCUT2D eigenvalue weighted by molar-refractivity contribution is 7.10. The van der Waals surface area contributed by atoms with E-state index < -0.39 is 6.10 Å². The zero-order chi connectivity index (χ0) is 10.5. The highest BCUT2D eigenvalue weighted by atomic mass is 32.1. The van der Waals surface area contributed by atoms with Crippen LogP contribution in [0.3, 0.4) is 0 Å². The van der Waals surface area contributed by atoms with Gasteiger partial charge in [0.05, 0.1) is 6.33 Å². The van der Waals surface area contributed by atoms with Crippen molar-refractivity contribution >= 4 is 11.3 Å². The molecule has 3 N–H and O–H groups in total. The second-order valence-corrected chi connectivity index (χ2v) is 4.22. The smallest absolute Gasteiger partial charge is 0.101 e. The van der Waals surface area contributed by atoms with Crippen LogP contribution in [0.25, 0.3) is 0 Å². The molecule has 2 aromatic rings. The molecule has 0 fully saturated rings.